The van der Waals surface area contributed by atoms with E-state index in [1.807, 2.05) is 19.3 Å². The number of fused-ring (bicyclic) bond motifs is 3. The maximum atomic E-state index is 13.6. The topological polar surface area (TPSA) is 19.0 Å². The highest BCUT2D eigenvalue weighted by atomic mass is 19.1. The number of nitrogens with one attached hydrogen (secondary N) is 1. The Morgan fingerprint density at radius 3 is 2.64 bits per heavy atom. The first kappa shape index (κ1) is 13.5. The molecule has 0 amide bonds. The summed E-state index contributed by atoms with van der Waals surface area (Å²) in [6, 6.07) is 10.00. The van der Waals surface area contributed by atoms with Crippen LogP contribution in [-0.2, 0) is 6.54 Å². The lowest BCUT2D eigenvalue weighted by molar-refractivity contribution is 0.296. The van der Waals surface area contributed by atoms with Gasteiger partial charge in [-0.3, -0.25) is 0 Å². The van der Waals surface area contributed by atoms with Crippen molar-refractivity contribution in [1.82, 2.24) is 9.88 Å². The molecule has 0 bridgehead atoms. The minimum absolute atomic E-state index is 0.0155. The molecule has 1 aliphatic heterocycles. The molecule has 0 saturated heterocycles. The zero-order chi connectivity index (χ0) is 15.3. The van der Waals surface area contributed by atoms with Gasteiger partial charge in [-0.2, -0.15) is 0 Å². The standard InChI is InChI=1S/C18H16F2N2/c1-22-9-16(11-6-12(19)8-13(20)7-11)14-2-3-18-15(4-5-21-18)17(14)10-22/h2-8,16,21H,9-10H2,1H3/t16-/m1/s1. The fourth-order valence-electron chi connectivity index (χ4n) is 3.52. The van der Waals surface area contributed by atoms with E-state index in [0.717, 1.165) is 30.2 Å². The van der Waals surface area contributed by atoms with Crippen molar-refractivity contribution in [2.75, 3.05) is 13.6 Å². The van der Waals surface area contributed by atoms with Crippen LogP contribution < -0.4 is 0 Å². The van der Waals surface area contributed by atoms with E-state index in [2.05, 4.69) is 22.0 Å². The van der Waals surface area contributed by atoms with Gasteiger partial charge in [-0.15, -0.1) is 0 Å². The van der Waals surface area contributed by atoms with Crippen LogP contribution in [0.15, 0.2) is 42.6 Å². The summed E-state index contributed by atoms with van der Waals surface area (Å²) in [5.74, 6) is -1.06. The molecule has 4 heteroatoms. The number of halogens is 2. The molecule has 22 heavy (non-hydrogen) atoms. The Kier molecular flexibility index (Phi) is 3.01. The molecule has 0 spiro atoms. The third-order valence-electron chi connectivity index (χ3n) is 4.47. The SMILES string of the molecule is CN1Cc2c(ccc3[nH]ccc23)[C@@H](c2cc(F)cc(F)c2)C1. The number of rotatable bonds is 1. The van der Waals surface area contributed by atoms with Gasteiger partial charge in [0, 0.05) is 42.2 Å². The molecule has 1 N–H and O–H groups in total. The van der Waals surface area contributed by atoms with Crippen molar-refractivity contribution in [3.05, 3.63) is 70.9 Å². The van der Waals surface area contributed by atoms with E-state index < -0.39 is 11.6 Å². The molecule has 1 atom stereocenters. The van der Waals surface area contributed by atoms with Crippen molar-refractivity contribution >= 4 is 10.9 Å². The van der Waals surface area contributed by atoms with Gasteiger partial charge in [0.25, 0.3) is 0 Å². The van der Waals surface area contributed by atoms with Gasteiger partial charge >= 0.3 is 0 Å². The zero-order valence-corrected chi connectivity index (χ0v) is 12.2. The first-order valence-corrected chi connectivity index (χ1v) is 7.35. The quantitative estimate of drug-likeness (QED) is 0.719. The summed E-state index contributed by atoms with van der Waals surface area (Å²) in [4.78, 5) is 5.42. The Labute approximate surface area is 127 Å². The van der Waals surface area contributed by atoms with E-state index in [9.17, 15) is 8.78 Å². The number of hydrogen-bond donors (Lipinski definition) is 1. The second kappa shape index (κ2) is 4.92. The normalized spacial score (nSPS) is 18.6. The summed E-state index contributed by atoms with van der Waals surface area (Å²) in [5, 5.41) is 1.19. The summed E-state index contributed by atoms with van der Waals surface area (Å²) in [7, 11) is 2.04. The lowest BCUT2D eigenvalue weighted by Gasteiger charge is -2.33. The van der Waals surface area contributed by atoms with E-state index in [4.69, 9.17) is 0 Å². The van der Waals surface area contributed by atoms with Crippen LogP contribution in [0.5, 0.6) is 0 Å². The summed E-state index contributed by atoms with van der Waals surface area (Å²) in [6.07, 6.45) is 1.93. The monoisotopic (exact) mass is 298 g/mol. The van der Waals surface area contributed by atoms with Crippen molar-refractivity contribution in [2.24, 2.45) is 0 Å². The van der Waals surface area contributed by atoms with Crippen LogP contribution in [0, 0.1) is 11.6 Å². The molecule has 0 fully saturated rings. The van der Waals surface area contributed by atoms with Gasteiger partial charge in [-0.1, -0.05) is 6.07 Å². The van der Waals surface area contributed by atoms with Crippen LogP contribution in [0.3, 0.4) is 0 Å². The largest absolute Gasteiger partial charge is 0.361 e. The summed E-state index contributed by atoms with van der Waals surface area (Å²) in [6.45, 7) is 1.60. The molecule has 0 unspecified atom stereocenters. The van der Waals surface area contributed by atoms with Crippen molar-refractivity contribution in [2.45, 2.75) is 12.5 Å². The van der Waals surface area contributed by atoms with Gasteiger partial charge in [-0.25, -0.2) is 8.78 Å². The molecule has 1 aliphatic rings. The molecule has 0 saturated carbocycles. The van der Waals surface area contributed by atoms with Crippen molar-refractivity contribution in [3.63, 3.8) is 0 Å². The third-order valence-corrected chi connectivity index (χ3v) is 4.47. The van der Waals surface area contributed by atoms with Crippen molar-refractivity contribution in [3.8, 4) is 0 Å². The number of likely N-dealkylation sites (N-methyl/N-ethyl adjacent to an activating group) is 1. The summed E-state index contributed by atoms with van der Waals surface area (Å²) >= 11 is 0. The molecule has 3 aromatic rings. The highest BCUT2D eigenvalue weighted by Gasteiger charge is 2.27. The Hall–Kier alpha value is -2.20. The Morgan fingerprint density at radius 1 is 1.09 bits per heavy atom. The van der Waals surface area contributed by atoms with E-state index in [0.29, 0.717) is 5.56 Å². The van der Waals surface area contributed by atoms with Crippen LogP contribution in [0.1, 0.15) is 22.6 Å². The highest BCUT2D eigenvalue weighted by molar-refractivity contribution is 5.84. The molecule has 0 radical (unpaired) electrons. The number of hydrogen-bond acceptors (Lipinski definition) is 1. The maximum Gasteiger partial charge on any atom is 0.126 e. The first-order chi connectivity index (χ1) is 10.6. The molecule has 4 rings (SSSR count). The fraction of sp³-hybridized carbons (Fsp3) is 0.222. The van der Waals surface area contributed by atoms with Crippen LogP contribution in [0.25, 0.3) is 10.9 Å². The predicted molar refractivity (Wildman–Crippen MR) is 82.8 cm³/mol. The number of benzene rings is 2. The lowest BCUT2D eigenvalue weighted by atomic mass is 9.83. The smallest absolute Gasteiger partial charge is 0.126 e. The zero-order valence-electron chi connectivity index (χ0n) is 12.2. The third kappa shape index (κ3) is 2.11. The Morgan fingerprint density at radius 2 is 1.86 bits per heavy atom. The molecular weight excluding hydrogens is 282 g/mol. The second-order valence-corrected chi connectivity index (χ2v) is 6.02. The van der Waals surface area contributed by atoms with Gasteiger partial charge in [0.15, 0.2) is 0 Å². The van der Waals surface area contributed by atoms with Crippen LogP contribution in [-0.4, -0.2) is 23.5 Å². The first-order valence-electron chi connectivity index (χ1n) is 7.35. The van der Waals surface area contributed by atoms with Crippen LogP contribution in [0.4, 0.5) is 8.78 Å². The fourth-order valence-corrected chi connectivity index (χ4v) is 3.52. The number of nitrogens with zero attached hydrogens (tertiary/aromatic N) is 1. The van der Waals surface area contributed by atoms with Crippen molar-refractivity contribution < 1.29 is 8.78 Å². The van der Waals surface area contributed by atoms with E-state index in [-0.39, 0.29) is 5.92 Å². The van der Waals surface area contributed by atoms with Gasteiger partial charge in [0.05, 0.1) is 0 Å². The number of aromatic nitrogens is 1. The minimum atomic E-state index is -0.521. The molecule has 2 aromatic carbocycles. The molecule has 2 heterocycles. The molecule has 1 aromatic heterocycles. The summed E-state index contributed by atoms with van der Waals surface area (Å²) in [5.41, 5.74) is 4.19. The molecular formula is C18H16F2N2. The van der Waals surface area contributed by atoms with Gasteiger partial charge in [-0.05, 0) is 48.0 Å². The van der Waals surface area contributed by atoms with E-state index in [1.54, 1.807) is 0 Å². The number of aromatic amines is 1. The van der Waals surface area contributed by atoms with E-state index >= 15 is 0 Å². The second-order valence-electron chi connectivity index (χ2n) is 6.02. The van der Waals surface area contributed by atoms with Crippen LogP contribution >= 0.6 is 0 Å². The average Bonchev–Trinajstić information content (AvgIpc) is 2.94. The van der Waals surface area contributed by atoms with Crippen molar-refractivity contribution in [1.29, 1.82) is 0 Å². The Bertz CT molecular complexity index is 833. The van der Waals surface area contributed by atoms with Gasteiger partial charge < -0.3 is 9.88 Å². The minimum Gasteiger partial charge on any atom is -0.361 e. The van der Waals surface area contributed by atoms with E-state index in [1.165, 1.54) is 23.1 Å². The number of H-pyrrole nitrogens is 1. The van der Waals surface area contributed by atoms with Gasteiger partial charge in [0.1, 0.15) is 11.6 Å². The lowest BCUT2D eigenvalue weighted by Crippen LogP contribution is -2.31. The van der Waals surface area contributed by atoms with Crippen LogP contribution in [0.2, 0.25) is 0 Å². The summed E-state index contributed by atoms with van der Waals surface area (Å²) < 4.78 is 27.2. The molecule has 112 valence electrons. The van der Waals surface area contributed by atoms with Gasteiger partial charge in [0.2, 0.25) is 0 Å². The predicted octanol–water partition coefficient (Wildman–Crippen LogP) is 4.02. The molecule has 0 aliphatic carbocycles. The molecule has 2 nitrogen and oxygen atoms in total. The Balaban J connectivity index is 1.91. The highest BCUT2D eigenvalue weighted by Crippen LogP contribution is 2.36. The maximum absolute atomic E-state index is 13.6. The average molecular weight is 298 g/mol.